The van der Waals surface area contributed by atoms with E-state index >= 15 is 0 Å². The van der Waals surface area contributed by atoms with Gasteiger partial charge in [-0.3, -0.25) is 4.79 Å². The second-order valence-corrected chi connectivity index (χ2v) is 7.27. The molecule has 7 nitrogen and oxygen atoms in total. The summed E-state index contributed by atoms with van der Waals surface area (Å²) in [6.45, 7) is 3.84. The second kappa shape index (κ2) is 7.60. The van der Waals surface area contributed by atoms with Crippen LogP contribution in [0.4, 0.5) is 5.82 Å². The molecule has 4 rings (SSSR count). The summed E-state index contributed by atoms with van der Waals surface area (Å²) in [6, 6.07) is 7.52. The van der Waals surface area contributed by atoms with Crippen molar-refractivity contribution in [1.29, 1.82) is 0 Å². The summed E-state index contributed by atoms with van der Waals surface area (Å²) in [6.07, 6.45) is 3.17. The van der Waals surface area contributed by atoms with Gasteiger partial charge < -0.3 is 24.8 Å². The van der Waals surface area contributed by atoms with Crippen LogP contribution < -0.4 is 15.4 Å². The summed E-state index contributed by atoms with van der Waals surface area (Å²) in [4.78, 5) is 17.4. The van der Waals surface area contributed by atoms with Crippen LogP contribution in [0.1, 0.15) is 29.6 Å². The van der Waals surface area contributed by atoms with Gasteiger partial charge in [-0.25, -0.2) is 0 Å². The van der Waals surface area contributed by atoms with Crippen molar-refractivity contribution in [2.45, 2.75) is 19.3 Å². The molecule has 2 aromatic rings. The lowest BCUT2D eigenvalue weighted by Crippen LogP contribution is -2.31. The molecule has 3 heterocycles. The maximum Gasteiger partial charge on any atom is 0.261 e. The van der Waals surface area contributed by atoms with Gasteiger partial charge in [-0.05, 0) is 56.0 Å². The van der Waals surface area contributed by atoms with Crippen molar-refractivity contribution < 1.29 is 14.1 Å². The Bertz CT molecular complexity index is 796. The molecule has 1 aromatic carbocycles. The molecule has 0 radical (unpaired) electrons. The molecule has 0 bridgehead atoms. The van der Waals surface area contributed by atoms with Gasteiger partial charge in [0.15, 0.2) is 11.6 Å². The Kier molecular flexibility index (Phi) is 5.03. The predicted molar refractivity (Wildman–Crippen MR) is 103 cm³/mol. The smallest absolute Gasteiger partial charge is 0.261 e. The minimum atomic E-state index is -0.0140. The van der Waals surface area contributed by atoms with E-state index in [0.29, 0.717) is 36.1 Å². The Labute approximate surface area is 159 Å². The van der Waals surface area contributed by atoms with Crippen LogP contribution in [-0.4, -0.2) is 55.8 Å². The zero-order chi connectivity index (χ0) is 18.8. The average molecular weight is 370 g/mol. The van der Waals surface area contributed by atoms with Gasteiger partial charge in [-0.1, -0.05) is 5.16 Å². The summed E-state index contributed by atoms with van der Waals surface area (Å²) in [5, 5.41) is 4.30. The van der Waals surface area contributed by atoms with Crippen LogP contribution in [0.25, 0.3) is 11.3 Å². The highest BCUT2D eigenvalue weighted by Crippen LogP contribution is 2.35. The molecule has 1 unspecified atom stereocenters. The summed E-state index contributed by atoms with van der Waals surface area (Å²) < 4.78 is 10.9. The van der Waals surface area contributed by atoms with Crippen LogP contribution in [0.3, 0.4) is 0 Å². The van der Waals surface area contributed by atoms with E-state index in [4.69, 9.17) is 15.0 Å². The van der Waals surface area contributed by atoms with Crippen LogP contribution in [0.5, 0.6) is 5.75 Å². The highest BCUT2D eigenvalue weighted by molar-refractivity contribution is 6.04. The van der Waals surface area contributed by atoms with Gasteiger partial charge in [0.25, 0.3) is 5.91 Å². The maximum absolute atomic E-state index is 13.4. The van der Waals surface area contributed by atoms with Gasteiger partial charge in [-0.15, -0.1) is 0 Å². The van der Waals surface area contributed by atoms with Gasteiger partial charge in [0.2, 0.25) is 0 Å². The number of likely N-dealkylation sites (tertiary alicyclic amines) is 1. The van der Waals surface area contributed by atoms with Crippen LogP contribution in [0.15, 0.2) is 28.8 Å². The minimum absolute atomic E-state index is 0.0140. The number of hydrogen-bond acceptors (Lipinski definition) is 6. The molecule has 0 spiro atoms. The minimum Gasteiger partial charge on any atom is -0.497 e. The Morgan fingerprint density at radius 2 is 2.00 bits per heavy atom. The molecule has 7 heteroatoms. The zero-order valence-corrected chi connectivity index (χ0v) is 15.7. The molecule has 144 valence electrons. The van der Waals surface area contributed by atoms with Gasteiger partial charge in [0.1, 0.15) is 11.3 Å². The number of hydrogen-bond donors (Lipinski definition) is 1. The van der Waals surface area contributed by atoms with Crippen molar-refractivity contribution in [3.63, 3.8) is 0 Å². The van der Waals surface area contributed by atoms with Crippen molar-refractivity contribution in [3.8, 4) is 17.1 Å². The lowest BCUT2D eigenvalue weighted by Gasteiger charge is -2.20. The van der Waals surface area contributed by atoms with Crippen molar-refractivity contribution in [2.75, 3.05) is 44.7 Å². The molecule has 1 amide bonds. The third-order valence-corrected chi connectivity index (χ3v) is 5.55. The van der Waals surface area contributed by atoms with Crippen molar-refractivity contribution in [2.24, 2.45) is 11.7 Å². The fourth-order valence-electron chi connectivity index (χ4n) is 3.93. The van der Waals surface area contributed by atoms with E-state index in [-0.39, 0.29) is 5.91 Å². The number of carbonyl (C=O) groups is 1. The van der Waals surface area contributed by atoms with Crippen molar-refractivity contribution in [3.05, 3.63) is 29.8 Å². The van der Waals surface area contributed by atoms with E-state index in [1.54, 1.807) is 7.11 Å². The molecule has 1 atom stereocenters. The molecule has 0 saturated carbocycles. The SMILES string of the molecule is COc1ccc(-c2onc(N3CCCC3)c2C(=O)N2CCC(CN)C2)cc1. The van der Waals surface area contributed by atoms with Crippen LogP contribution in [0.2, 0.25) is 0 Å². The number of anilines is 1. The third-order valence-electron chi connectivity index (χ3n) is 5.55. The number of carbonyl (C=O) groups excluding carboxylic acids is 1. The second-order valence-electron chi connectivity index (χ2n) is 7.27. The molecular weight excluding hydrogens is 344 g/mol. The summed E-state index contributed by atoms with van der Waals surface area (Å²) in [5.74, 6) is 2.31. The third kappa shape index (κ3) is 3.39. The van der Waals surface area contributed by atoms with Crippen molar-refractivity contribution >= 4 is 11.7 Å². The maximum atomic E-state index is 13.4. The first-order valence-electron chi connectivity index (χ1n) is 9.59. The summed E-state index contributed by atoms with van der Waals surface area (Å²) >= 11 is 0. The number of ether oxygens (including phenoxy) is 1. The number of rotatable bonds is 5. The number of nitrogens with zero attached hydrogens (tertiary/aromatic N) is 3. The molecule has 2 N–H and O–H groups in total. The first-order valence-corrected chi connectivity index (χ1v) is 9.59. The standard InChI is InChI=1S/C20H26N4O3/c1-26-16-6-4-15(5-7-16)18-17(19(22-27-18)23-9-2-3-10-23)20(25)24-11-8-14(12-21)13-24/h4-7,14H,2-3,8-13,21H2,1H3. The molecule has 2 fully saturated rings. The Morgan fingerprint density at radius 3 is 2.63 bits per heavy atom. The van der Waals surface area contributed by atoms with Crippen molar-refractivity contribution in [1.82, 2.24) is 10.1 Å². The molecule has 1 aromatic heterocycles. The van der Waals surface area contributed by atoms with E-state index in [1.807, 2.05) is 29.2 Å². The number of nitrogens with two attached hydrogens (primary N) is 1. The van der Waals surface area contributed by atoms with E-state index in [2.05, 4.69) is 10.1 Å². The summed E-state index contributed by atoms with van der Waals surface area (Å²) in [7, 11) is 1.63. The van der Waals surface area contributed by atoms with E-state index in [0.717, 1.165) is 50.2 Å². The normalized spacial score (nSPS) is 19.7. The van der Waals surface area contributed by atoms with Gasteiger partial charge in [0, 0.05) is 31.7 Å². The highest BCUT2D eigenvalue weighted by atomic mass is 16.5. The lowest BCUT2D eigenvalue weighted by atomic mass is 10.1. The highest BCUT2D eigenvalue weighted by Gasteiger charge is 2.34. The first-order chi connectivity index (χ1) is 13.2. The van der Waals surface area contributed by atoms with Gasteiger partial charge >= 0.3 is 0 Å². The Morgan fingerprint density at radius 1 is 1.26 bits per heavy atom. The average Bonchev–Trinajstić information content (AvgIpc) is 3.47. The number of aromatic nitrogens is 1. The van der Waals surface area contributed by atoms with Gasteiger partial charge in [-0.2, -0.15) is 0 Å². The predicted octanol–water partition coefficient (Wildman–Crippen LogP) is 2.37. The molecule has 27 heavy (non-hydrogen) atoms. The Balaban J connectivity index is 1.71. The molecule has 2 aliphatic rings. The monoisotopic (exact) mass is 370 g/mol. The topological polar surface area (TPSA) is 84.8 Å². The van der Waals surface area contributed by atoms with Crippen LogP contribution >= 0.6 is 0 Å². The largest absolute Gasteiger partial charge is 0.497 e. The van der Waals surface area contributed by atoms with Crippen LogP contribution in [-0.2, 0) is 0 Å². The molecule has 2 aliphatic heterocycles. The fourth-order valence-corrected chi connectivity index (χ4v) is 3.93. The van der Waals surface area contributed by atoms with E-state index in [1.165, 1.54) is 0 Å². The lowest BCUT2D eigenvalue weighted by molar-refractivity contribution is 0.0788. The number of methoxy groups -OCH3 is 1. The van der Waals surface area contributed by atoms with E-state index in [9.17, 15) is 4.79 Å². The fraction of sp³-hybridized carbons (Fsp3) is 0.500. The quantitative estimate of drug-likeness (QED) is 0.870. The zero-order valence-electron chi connectivity index (χ0n) is 15.7. The van der Waals surface area contributed by atoms with E-state index < -0.39 is 0 Å². The van der Waals surface area contributed by atoms with Crippen LogP contribution in [0, 0.1) is 5.92 Å². The number of amides is 1. The van der Waals surface area contributed by atoms with Gasteiger partial charge in [0.05, 0.1) is 7.11 Å². The molecule has 2 saturated heterocycles. The first kappa shape index (κ1) is 17.9. The molecule has 0 aliphatic carbocycles. The Hall–Kier alpha value is -2.54. The summed E-state index contributed by atoms with van der Waals surface area (Å²) in [5.41, 5.74) is 7.20. The number of benzene rings is 1. The molecular formula is C20H26N4O3.